The summed E-state index contributed by atoms with van der Waals surface area (Å²) >= 11 is 0. The Balaban J connectivity index is 0. The third-order valence-corrected chi connectivity index (χ3v) is 0.287. The quantitative estimate of drug-likeness (QED) is 0.542. The Kier molecular flexibility index (Phi) is 8.21. The number of primary amides is 1. The summed E-state index contributed by atoms with van der Waals surface area (Å²) in [5.74, 6) is 0. The molecule has 4 heteroatoms. The minimum absolute atomic E-state index is 0. The molecule has 0 aromatic carbocycles. The van der Waals surface area contributed by atoms with Crippen molar-refractivity contribution >= 4 is 6.09 Å². The fraction of sp³-hybridized carbons (Fsp3) is 0.667. The molecule has 0 rings (SSSR count). The molecule has 0 heterocycles. The molecule has 47 valence electrons. The van der Waals surface area contributed by atoms with Gasteiger partial charge in [-0.25, -0.2) is 4.79 Å². The van der Waals surface area contributed by atoms with Gasteiger partial charge in [-0.1, -0.05) is 0 Å². The summed E-state index contributed by atoms with van der Waals surface area (Å²) in [6, 6.07) is 0. The van der Waals surface area contributed by atoms with E-state index in [1.54, 1.807) is 6.92 Å². The van der Waals surface area contributed by atoms with Crippen molar-refractivity contribution < 1.29 is 26.6 Å². The monoisotopic (exact) mass is 152 g/mol. The summed E-state index contributed by atoms with van der Waals surface area (Å²) in [6.07, 6.45) is -0.711. The van der Waals surface area contributed by atoms with Crippen molar-refractivity contribution in [2.45, 2.75) is 6.92 Å². The standard InChI is InChI=1S/C3H7NO2.Cu/c1-2-6-3(4)5;/h2H2,1H3,(H2,4,5);. The van der Waals surface area contributed by atoms with Gasteiger partial charge >= 0.3 is 6.09 Å². The van der Waals surface area contributed by atoms with E-state index in [-0.39, 0.29) is 17.1 Å². The molecule has 0 bridgehead atoms. The molecule has 1 amide bonds. The Bertz CT molecular complexity index is 56.9. The van der Waals surface area contributed by atoms with Gasteiger partial charge in [-0.15, -0.1) is 0 Å². The van der Waals surface area contributed by atoms with Crippen LogP contribution in [0.15, 0.2) is 0 Å². The second-order valence-electron chi connectivity index (χ2n) is 0.752. The summed E-state index contributed by atoms with van der Waals surface area (Å²) in [5.41, 5.74) is 4.54. The Hall–Kier alpha value is -0.211. The zero-order chi connectivity index (χ0) is 4.99. The molecule has 0 saturated carbocycles. The maximum Gasteiger partial charge on any atom is 0.404 e. The van der Waals surface area contributed by atoms with Crippen LogP contribution in [0, 0.1) is 0 Å². The molecule has 1 radical (unpaired) electrons. The Morgan fingerprint density at radius 1 is 1.86 bits per heavy atom. The molecule has 0 fully saturated rings. The summed E-state index contributed by atoms with van der Waals surface area (Å²) in [4.78, 5) is 9.60. The number of rotatable bonds is 1. The Morgan fingerprint density at radius 2 is 2.29 bits per heavy atom. The van der Waals surface area contributed by atoms with Gasteiger partial charge in [0.2, 0.25) is 0 Å². The van der Waals surface area contributed by atoms with E-state index in [9.17, 15) is 4.79 Å². The number of nitrogens with two attached hydrogens (primary N) is 1. The van der Waals surface area contributed by atoms with Crippen molar-refractivity contribution in [3.8, 4) is 0 Å². The van der Waals surface area contributed by atoms with E-state index in [4.69, 9.17) is 0 Å². The molecule has 0 aromatic rings. The fourth-order valence-electron chi connectivity index (χ4n) is 0.142. The van der Waals surface area contributed by atoms with Crippen molar-refractivity contribution in [3.63, 3.8) is 0 Å². The van der Waals surface area contributed by atoms with Crippen LogP contribution >= 0.6 is 0 Å². The first-order valence-electron chi connectivity index (χ1n) is 1.69. The molecule has 2 N–H and O–H groups in total. The molecule has 3 nitrogen and oxygen atoms in total. The van der Waals surface area contributed by atoms with Gasteiger partial charge in [0.1, 0.15) is 0 Å². The fourth-order valence-corrected chi connectivity index (χ4v) is 0.142. The molecule has 0 unspecified atom stereocenters. The van der Waals surface area contributed by atoms with Crippen LogP contribution in [0.3, 0.4) is 0 Å². The van der Waals surface area contributed by atoms with Gasteiger partial charge in [-0.2, -0.15) is 0 Å². The molecule has 0 aliphatic rings. The van der Waals surface area contributed by atoms with E-state index in [1.807, 2.05) is 0 Å². The maximum absolute atomic E-state index is 9.60. The number of amides is 1. The van der Waals surface area contributed by atoms with Gasteiger partial charge < -0.3 is 10.5 Å². The number of ether oxygens (including phenoxy) is 1. The molecule has 0 aliphatic carbocycles. The molecular weight excluding hydrogens is 146 g/mol. The maximum atomic E-state index is 9.60. The Labute approximate surface area is 52.7 Å². The van der Waals surface area contributed by atoms with Gasteiger partial charge in [0.05, 0.1) is 6.61 Å². The first-order valence-corrected chi connectivity index (χ1v) is 1.69. The Morgan fingerprint density at radius 3 is 2.29 bits per heavy atom. The van der Waals surface area contributed by atoms with E-state index in [0.717, 1.165) is 0 Å². The SMILES string of the molecule is CCOC(N)=O.[Cu]. The first kappa shape index (κ1) is 9.92. The second kappa shape index (κ2) is 5.79. The van der Waals surface area contributed by atoms with Crippen LogP contribution in [0.4, 0.5) is 4.79 Å². The minimum Gasteiger partial charge on any atom is -0.450 e. The van der Waals surface area contributed by atoms with Crippen molar-refractivity contribution in [1.82, 2.24) is 0 Å². The molecule has 0 spiro atoms. The van der Waals surface area contributed by atoms with Gasteiger partial charge in [-0.3, -0.25) is 0 Å². The summed E-state index contributed by atoms with van der Waals surface area (Å²) in [7, 11) is 0. The number of carbonyl (C=O) groups is 1. The largest absolute Gasteiger partial charge is 0.450 e. The van der Waals surface area contributed by atoms with E-state index in [0.29, 0.717) is 6.61 Å². The molecule has 0 aromatic heterocycles. The van der Waals surface area contributed by atoms with Gasteiger partial charge in [-0.05, 0) is 6.92 Å². The van der Waals surface area contributed by atoms with Crippen molar-refractivity contribution in [1.29, 1.82) is 0 Å². The van der Waals surface area contributed by atoms with Crippen LogP contribution in [-0.2, 0) is 21.8 Å². The van der Waals surface area contributed by atoms with Crippen LogP contribution < -0.4 is 5.73 Å². The summed E-state index contributed by atoms with van der Waals surface area (Å²) < 4.78 is 4.18. The normalized spacial score (nSPS) is 6.43. The predicted octanol–water partition coefficient (Wildman–Crippen LogP) is 0.0991. The molecule has 0 saturated heterocycles. The van der Waals surface area contributed by atoms with Gasteiger partial charge in [0, 0.05) is 17.1 Å². The summed E-state index contributed by atoms with van der Waals surface area (Å²) in [5, 5.41) is 0. The van der Waals surface area contributed by atoms with Crippen molar-refractivity contribution in [2.75, 3.05) is 6.61 Å². The van der Waals surface area contributed by atoms with Crippen LogP contribution in [0.2, 0.25) is 0 Å². The van der Waals surface area contributed by atoms with Crippen LogP contribution in [0.1, 0.15) is 6.92 Å². The summed E-state index contributed by atoms with van der Waals surface area (Å²) in [6.45, 7) is 2.06. The van der Waals surface area contributed by atoms with Crippen molar-refractivity contribution in [3.05, 3.63) is 0 Å². The second-order valence-corrected chi connectivity index (χ2v) is 0.752. The number of hydrogen-bond donors (Lipinski definition) is 1. The number of hydrogen-bond acceptors (Lipinski definition) is 2. The van der Waals surface area contributed by atoms with Crippen molar-refractivity contribution in [2.24, 2.45) is 5.73 Å². The topological polar surface area (TPSA) is 52.3 Å². The van der Waals surface area contributed by atoms with Crippen LogP contribution in [0.5, 0.6) is 0 Å². The van der Waals surface area contributed by atoms with E-state index in [2.05, 4.69) is 10.5 Å². The van der Waals surface area contributed by atoms with Gasteiger partial charge in [0.15, 0.2) is 0 Å². The molecule has 0 atom stereocenters. The van der Waals surface area contributed by atoms with E-state index in [1.165, 1.54) is 0 Å². The van der Waals surface area contributed by atoms with E-state index >= 15 is 0 Å². The van der Waals surface area contributed by atoms with Crippen LogP contribution in [0.25, 0.3) is 0 Å². The first-order chi connectivity index (χ1) is 2.77. The minimum atomic E-state index is -0.711. The zero-order valence-corrected chi connectivity index (χ0v) is 4.84. The zero-order valence-electron chi connectivity index (χ0n) is 3.90. The predicted molar refractivity (Wildman–Crippen MR) is 21.2 cm³/mol. The average Bonchev–Trinajstić information content (AvgIpc) is 1.35. The number of carbonyl (C=O) groups excluding carboxylic acids is 1. The van der Waals surface area contributed by atoms with Crippen LogP contribution in [-0.4, -0.2) is 12.7 Å². The third kappa shape index (κ3) is 10.7. The van der Waals surface area contributed by atoms with E-state index < -0.39 is 6.09 Å². The molecule has 7 heavy (non-hydrogen) atoms. The average molecular weight is 153 g/mol. The van der Waals surface area contributed by atoms with Gasteiger partial charge in [0.25, 0.3) is 0 Å². The smallest absolute Gasteiger partial charge is 0.404 e. The molecule has 0 aliphatic heterocycles. The third-order valence-electron chi connectivity index (χ3n) is 0.287. The molecular formula is C3H7CuNO2.